The Morgan fingerprint density at radius 1 is 1.13 bits per heavy atom. The molecule has 0 aliphatic carbocycles. The maximum atomic E-state index is 13.5. The number of likely N-dealkylation sites (tertiary alicyclic amines) is 1. The van der Waals surface area contributed by atoms with Crippen molar-refractivity contribution in [2.24, 2.45) is 0 Å². The van der Waals surface area contributed by atoms with Crippen LogP contribution in [-0.2, 0) is 9.59 Å². The minimum atomic E-state index is -0.652. The normalized spacial score (nSPS) is 16.5. The molecule has 0 saturated carbocycles. The van der Waals surface area contributed by atoms with Crippen molar-refractivity contribution in [2.45, 2.75) is 18.8 Å². The third-order valence-electron chi connectivity index (χ3n) is 4.76. The number of nitrogens with zero attached hydrogens (tertiary/aromatic N) is 2. The van der Waals surface area contributed by atoms with Crippen LogP contribution in [0.5, 0.6) is 0 Å². The second-order valence-electron chi connectivity index (χ2n) is 6.81. The SMILES string of the molecule is Cl.O=C(C=Cc1cccc(C=CC(=O)N2CCCC(c3cccc(F)c3)C2)n1)NO. The molecule has 158 valence electrons. The van der Waals surface area contributed by atoms with Gasteiger partial charge in [-0.3, -0.25) is 14.8 Å². The van der Waals surface area contributed by atoms with E-state index in [1.165, 1.54) is 29.8 Å². The Labute approximate surface area is 180 Å². The molecular weight excluding hydrogens is 409 g/mol. The molecule has 1 aromatic heterocycles. The molecule has 1 aliphatic heterocycles. The number of benzene rings is 1. The first-order valence-corrected chi connectivity index (χ1v) is 9.37. The van der Waals surface area contributed by atoms with Gasteiger partial charge in [-0.1, -0.05) is 18.2 Å². The topological polar surface area (TPSA) is 82.5 Å². The zero-order valence-electron chi connectivity index (χ0n) is 16.2. The Morgan fingerprint density at radius 2 is 1.83 bits per heavy atom. The average molecular weight is 432 g/mol. The minimum absolute atomic E-state index is 0. The van der Waals surface area contributed by atoms with Crippen LogP contribution in [0.4, 0.5) is 4.39 Å². The van der Waals surface area contributed by atoms with Crippen LogP contribution in [0.2, 0.25) is 0 Å². The van der Waals surface area contributed by atoms with Gasteiger partial charge in [-0.05, 0) is 54.8 Å². The van der Waals surface area contributed by atoms with Crippen LogP contribution in [-0.4, -0.2) is 40.0 Å². The van der Waals surface area contributed by atoms with Gasteiger partial charge in [0, 0.05) is 31.2 Å². The summed E-state index contributed by atoms with van der Waals surface area (Å²) in [5, 5.41) is 8.50. The first-order valence-electron chi connectivity index (χ1n) is 9.37. The number of aromatic nitrogens is 1. The molecule has 1 aromatic carbocycles. The van der Waals surface area contributed by atoms with Gasteiger partial charge in [0.25, 0.3) is 5.91 Å². The first-order chi connectivity index (χ1) is 14.0. The number of carbonyl (C=O) groups is 2. The van der Waals surface area contributed by atoms with E-state index in [2.05, 4.69) is 4.98 Å². The summed E-state index contributed by atoms with van der Waals surface area (Å²) in [5.41, 5.74) is 3.52. The van der Waals surface area contributed by atoms with Gasteiger partial charge in [0.2, 0.25) is 5.91 Å². The van der Waals surface area contributed by atoms with Crippen molar-refractivity contribution in [3.8, 4) is 0 Å². The Hall–Kier alpha value is -3.03. The molecule has 6 nitrogen and oxygen atoms in total. The van der Waals surface area contributed by atoms with Gasteiger partial charge in [-0.2, -0.15) is 0 Å². The second-order valence-corrected chi connectivity index (χ2v) is 6.81. The van der Waals surface area contributed by atoms with E-state index in [0.29, 0.717) is 24.5 Å². The quantitative estimate of drug-likeness (QED) is 0.430. The molecule has 1 fully saturated rings. The van der Waals surface area contributed by atoms with Crippen molar-refractivity contribution in [1.82, 2.24) is 15.4 Å². The number of hydrogen-bond acceptors (Lipinski definition) is 4. The fraction of sp³-hybridized carbons (Fsp3) is 0.227. The number of nitrogens with one attached hydrogen (secondary N) is 1. The van der Waals surface area contributed by atoms with Crippen LogP contribution in [0, 0.1) is 5.82 Å². The number of halogens is 2. The summed E-state index contributed by atoms with van der Waals surface area (Å²) < 4.78 is 13.5. The van der Waals surface area contributed by atoms with Crippen LogP contribution in [0.3, 0.4) is 0 Å². The number of piperidine rings is 1. The molecule has 2 heterocycles. The van der Waals surface area contributed by atoms with Gasteiger partial charge in [0.05, 0.1) is 11.4 Å². The first kappa shape index (κ1) is 23.3. The summed E-state index contributed by atoms with van der Waals surface area (Å²) in [6.45, 7) is 1.22. The van der Waals surface area contributed by atoms with Gasteiger partial charge in [0.1, 0.15) is 5.82 Å². The van der Waals surface area contributed by atoms with Crippen molar-refractivity contribution < 1.29 is 19.2 Å². The van der Waals surface area contributed by atoms with Gasteiger partial charge in [0.15, 0.2) is 0 Å². The molecule has 0 radical (unpaired) electrons. The van der Waals surface area contributed by atoms with Gasteiger partial charge in [-0.15, -0.1) is 12.4 Å². The predicted octanol–water partition coefficient (Wildman–Crippen LogP) is 3.58. The van der Waals surface area contributed by atoms with E-state index in [1.54, 1.807) is 35.2 Å². The van der Waals surface area contributed by atoms with Crippen molar-refractivity contribution in [2.75, 3.05) is 13.1 Å². The van der Waals surface area contributed by atoms with E-state index in [1.807, 2.05) is 6.07 Å². The molecule has 1 unspecified atom stereocenters. The molecule has 0 spiro atoms. The maximum Gasteiger partial charge on any atom is 0.267 e. The lowest BCUT2D eigenvalue weighted by Gasteiger charge is -2.32. The predicted molar refractivity (Wildman–Crippen MR) is 114 cm³/mol. The van der Waals surface area contributed by atoms with Gasteiger partial charge in [-0.25, -0.2) is 14.9 Å². The van der Waals surface area contributed by atoms with Crippen LogP contribution < -0.4 is 5.48 Å². The molecule has 8 heteroatoms. The summed E-state index contributed by atoms with van der Waals surface area (Å²) in [6.07, 6.45) is 7.50. The zero-order valence-corrected chi connectivity index (χ0v) is 17.0. The fourth-order valence-corrected chi connectivity index (χ4v) is 3.32. The number of carbonyl (C=O) groups excluding carboxylic acids is 2. The standard InChI is InChI=1S/C22H22FN3O3.ClH/c23-18-6-1-4-16(14-18)17-5-3-13-26(15-17)22(28)12-10-20-8-2-7-19(24-20)9-11-21(27)25-29;/h1-2,4,6-12,14,17,29H,3,5,13,15H2,(H,25,27);1H. The maximum absolute atomic E-state index is 13.5. The monoisotopic (exact) mass is 431 g/mol. The van der Waals surface area contributed by atoms with Gasteiger partial charge >= 0.3 is 0 Å². The van der Waals surface area contributed by atoms with Crippen molar-refractivity contribution in [3.05, 3.63) is 77.4 Å². The number of rotatable bonds is 5. The van der Waals surface area contributed by atoms with Crippen molar-refractivity contribution >= 4 is 36.4 Å². The van der Waals surface area contributed by atoms with E-state index in [4.69, 9.17) is 5.21 Å². The smallest absolute Gasteiger partial charge is 0.267 e. The lowest BCUT2D eigenvalue weighted by molar-refractivity contribution is -0.127. The largest absolute Gasteiger partial charge is 0.339 e. The van der Waals surface area contributed by atoms with Crippen molar-refractivity contribution in [3.63, 3.8) is 0 Å². The van der Waals surface area contributed by atoms with E-state index < -0.39 is 5.91 Å². The zero-order chi connectivity index (χ0) is 20.6. The van der Waals surface area contributed by atoms with Crippen LogP contribution in [0.25, 0.3) is 12.2 Å². The lowest BCUT2D eigenvalue weighted by atomic mass is 9.90. The fourth-order valence-electron chi connectivity index (χ4n) is 3.32. The van der Waals surface area contributed by atoms with E-state index in [9.17, 15) is 14.0 Å². The molecule has 1 atom stereocenters. The molecule has 2 amide bonds. The molecular formula is C22H23ClFN3O3. The summed E-state index contributed by atoms with van der Waals surface area (Å²) in [5.74, 6) is -0.905. The second kappa shape index (κ2) is 11.2. The Balaban J connectivity index is 0.00000320. The minimum Gasteiger partial charge on any atom is -0.339 e. The van der Waals surface area contributed by atoms with Crippen molar-refractivity contribution in [1.29, 1.82) is 0 Å². The molecule has 2 N–H and O–H groups in total. The van der Waals surface area contributed by atoms with E-state index in [0.717, 1.165) is 24.5 Å². The highest BCUT2D eigenvalue weighted by molar-refractivity contribution is 5.92. The third kappa shape index (κ3) is 6.50. The highest BCUT2D eigenvalue weighted by atomic mass is 35.5. The summed E-state index contributed by atoms with van der Waals surface area (Å²) >= 11 is 0. The van der Waals surface area contributed by atoms with Crippen LogP contribution >= 0.6 is 12.4 Å². The Kier molecular flexibility index (Phi) is 8.70. The molecule has 3 rings (SSSR count). The summed E-state index contributed by atoms with van der Waals surface area (Å²) in [6, 6.07) is 11.8. The molecule has 1 saturated heterocycles. The lowest BCUT2D eigenvalue weighted by Crippen LogP contribution is -2.38. The van der Waals surface area contributed by atoms with E-state index in [-0.39, 0.29) is 30.0 Å². The van der Waals surface area contributed by atoms with Crippen LogP contribution in [0.15, 0.2) is 54.6 Å². The molecule has 0 bridgehead atoms. The number of hydroxylamine groups is 1. The van der Waals surface area contributed by atoms with Gasteiger partial charge < -0.3 is 4.90 Å². The average Bonchev–Trinajstić information content (AvgIpc) is 2.76. The molecule has 2 aromatic rings. The summed E-state index contributed by atoms with van der Waals surface area (Å²) in [4.78, 5) is 29.7. The molecule has 1 aliphatic rings. The number of pyridine rings is 1. The molecule has 30 heavy (non-hydrogen) atoms. The summed E-state index contributed by atoms with van der Waals surface area (Å²) in [7, 11) is 0. The highest BCUT2D eigenvalue weighted by Gasteiger charge is 2.23. The highest BCUT2D eigenvalue weighted by Crippen LogP contribution is 2.27. The number of amides is 2. The van der Waals surface area contributed by atoms with Crippen LogP contribution in [0.1, 0.15) is 35.7 Å². The van der Waals surface area contributed by atoms with E-state index >= 15 is 0 Å². The Morgan fingerprint density at radius 3 is 2.53 bits per heavy atom. The third-order valence-corrected chi connectivity index (χ3v) is 4.76. The number of hydrogen-bond donors (Lipinski definition) is 2. The Bertz CT molecular complexity index is 949.